The third-order valence-corrected chi connectivity index (χ3v) is 6.67. The first-order valence-corrected chi connectivity index (χ1v) is 9.55. The second-order valence-corrected chi connectivity index (χ2v) is 7.88. The van der Waals surface area contributed by atoms with Crippen molar-refractivity contribution < 1.29 is 34.1 Å². The lowest BCUT2D eigenvalue weighted by molar-refractivity contribution is -0.162. The second-order valence-electron chi connectivity index (χ2n) is 6.77. The Kier molecular flexibility index (Phi) is 5.35. The molecule has 0 radical (unpaired) electrons. The topological polar surface area (TPSA) is 133 Å². The first-order chi connectivity index (χ1) is 13.2. The number of benzene rings is 1. The number of aliphatic hydroxyl groups is 1. The molecular formula is C18H20N2O7S. The lowest BCUT2D eigenvalue weighted by atomic mass is 9.83. The summed E-state index contributed by atoms with van der Waals surface area (Å²) >= 11 is 1.13. The van der Waals surface area contributed by atoms with Gasteiger partial charge in [-0.25, -0.2) is 0 Å². The van der Waals surface area contributed by atoms with Gasteiger partial charge in [-0.1, -0.05) is 12.1 Å². The van der Waals surface area contributed by atoms with Gasteiger partial charge in [0.15, 0.2) is 11.5 Å². The molecule has 3 unspecified atom stereocenters. The van der Waals surface area contributed by atoms with E-state index in [0.29, 0.717) is 11.3 Å². The average Bonchev–Trinajstić information content (AvgIpc) is 2.70. The van der Waals surface area contributed by atoms with E-state index in [4.69, 9.17) is 4.74 Å². The standard InChI is InChI=1S/C18H20N2O7S/c1-9(21)18(17(25)26)7-20-15(24)12(16(20)28-8-18)19-14(23)13(22)10-3-5-11(27-2)6-4-10/h3-6,12-13,16,22H,7-8H2,1-2H3,(H,19,23)(H,25,26)/t12?,13?,16-,18?/m1/s1. The van der Waals surface area contributed by atoms with Gasteiger partial charge in [-0.2, -0.15) is 0 Å². The Hall–Kier alpha value is -2.59. The van der Waals surface area contributed by atoms with Gasteiger partial charge in [0.05, 0.1) is 7.11 Å². The molecule has 150 valence electrons. The molecule has 3 N–H and O–H groups in total. The largest absolute Gasteiger partial charge is 0.497 e. The van der Waals surface area contributed by atoms with Crippen LogP contribution in [0.15, 0.2) is 24.3 Å². The van der Waals surface area contributed by atoms with Crippen molar-refractivity contribution in [2.75, 3.05) is 19.4 Å². The maximum absolute atomic E-state index is 12.4. The Labute approximate surface area is 165 Å². The van der Waals surface area contributed by atoms with Crippen LogP contribution in [0, 0.1) is 5.41 Å². The number of aliphatic carboxylic acids is 1. The number of carboxylic acids is 1. The third-order valence-electron chi connectivity index (χ3n) is 5.14. The molecule has 2 saturated heterocycles. The van der Waals surface area contributed by atoms with Gasteiger partial charge in [0.2, 0.25) is 5.91 Å². The van der Waals surface area contributed by atoms with E-state index in [0.717, 1.165) is 11.8 Å². The number of rotatable bonds is 6. The quantitative estimate of drug-likeness (QED) is 0.435. The summed E-state index contributed by atoms with van der Waals surface area (Å²) in [4.78, 5) is 49.5. The van der Waals surface area contributed by atoms with Crippen LogP contribution in [-0.4, -0.2) is 69.5 Å². The molecule has 1 aromatic carbocycles. The monoisotopic (exact) mass is 408 g/mol. The van der Waals surface area contributed by atoms with Crippen LogP contribution in [0.5, 0.6) is 5.75 Å². The van der Waals surface area contributed by atoms with Gasteiger partial charge in [0.1, 0.15) is 22.9 Å². The average molecular weight is 408 g/mol. The SMILES string of the molecule is COc1ccc(C(O)C(=O)NC2C(=O)N3CC(C(C)=O)(C(=O)O)CS[C@H]23)cc1. The Balaban J connectivity index is 1.65. The molecule has 0 spiro atoms. The minimum absolute atomic E-state index is 0.0134. The number of thioether (sulfide) groups is 1. The molecule has 2 aliphatic rings. The number of β-lactam (4-membered cyclic amide) rings is 1. The molecular weight excluding hydrogens is 388 g/mol. The minimum Gasteiger partial charge on any atom is -0.497 e. The third kappa shape index (κ3) is 3.22. The number of carbonyl (C=O) groups is 4. The van der Waals surface area contributed by atoms with E-state index < -0.39 is 46.5 Å². The van der Waals surface area contributed by atoms with Gasteiger partial charge in [0.25, 0.3) is 5.91 Å². The molecule has 3 rings (SSSR count). The highest BCUT2D eigenvalue weighted by molar-refractivity contribution is 8.00. The number of ether oxygens (including phenoxy) is 1. The van der Waals surface area contributed by atoms with E-state index in [9.17, 15) is 29.4 Å². The molecule has 0 saturated carbocycles. The molecule has 0 aliphatic carbocycles. The van der Waals surface area contributed by atoms with Crippen molar-refractivity contribution in [3.63, 3.8) is 0 Å². The Bertz CT molecular complexity index is 812. The maximum Gasteiger partial charge on any atom is 0.319 e. The zero-order chi connectivity index (χ0) is 20.6. The van der Waals surface area contributed by atoms with Gasteiger partial charge in [0, 0.05) is 12.3 Å². The Morgan fingerprint density at radius 3 is 2.50 bits per heavy atom. The fourth-order valence-electron chi connectivity index (χ4n) is 3.24. The molecule has 0 aromatic heterocycles. The molecule has 28 heavy (non-hydrogen) atoms. The zero-order valence-corrected chi connectivity index (χ0v) is 16.1. The van der Waals surface area contributed by atoms with Crippen molar-refractivity contribution in [3.05, 3.63) is 29.8 Å². The van der Waals surface area contributed by atoms with Gasteiger partial charge in [-0.15, -0.1) is 11.8 Å². The molecule has 2 heterocycles. The van der Waals surface area contributed by atoms with Crippen LogP contribution < -0.4 is 10.1 Å². The van der Waals surface area contributed by atoms with E-state index in [1.54, 1.807) is 24.3 Å². The molecule has 0 bridgehead atoms. The summed E-state index contributed by atoms with van der Waals surface area (Å²) in [7, 11) is 1.50. The predicted molar refractivity (Wildman–Crippen MR) is 98.6 cm³/mol. The lowest BCUT2D eigenvalue weighted by Crippen LogP contribution is -2.74. The molecule has 10 heteroatoms. The van der Waals surface area contributed by atoms with Crippen molar-refractivity contribution in [1.29, 1.82) is 0 Å². The van der Waals surface area contributed by atoms with Crippen LogP contribution in [0.2, 0.25) is 0 Å². The molecule has 4 atom stereocenters. The summed E-state index contributed by atoms with van der Waals surface area (Å²) < 4.78 is 5.02. The van der Waals surface area contributed by atoms with Gasteiger partial charge >= 0.3 is 5.97 Å². The highest BCUT2D eigenvalue weighted by Gasteiger charge is 2.59. The number of amides is 2. The number of nitrogens with one attached hydrogen (secondary N) is 1. The minimum atomic E-state index is -1.63. The number of hydrogen-bond donors (Lipinski definition) is 3. The van der Waals surface area contributed by atoms with Crippen molar-refractivity contribution >= 4 is 35.3 Å². The van der Waals surface area contributed by atoms with Crippen LogP contribution in [0.3, 0.4) is 0 Å². The Morgan fingerprint density at radius 1 is 1.32 bits per heavy atom. The van der Waals surface area contributed by atoms with E-state index in [1.165, 1.54) is 18.9 Å². The van der Waals surface area contributed by atoms with Crippen molar-refractivity contribution in [2.24, 2.45) is 5.41 Å². The fourth-order valence-corrected chi connectivity index (χ4v) is 4.85. The molecule has 9 nitrogen and oxygen atoms in total. The van der Waals surface area contributed by atoms with Crippen molar-refractivity contribution in [2.45, 2.75) is 24.4 Å². The summed E-state index contributed by atoms with van der Waals surface area (Å²) in [5.74, 6) is -2.39. The Morgan fingerprint density at radius 2 is 1.96 bits per heavy atom. The number of carboxylic acid groups (broad SMARTS) is 1. The van der Waals surface area contributed by atoms with Gasteiger partial charge < -0.3 is 25.2 Å². The number of methoxy groups -OCH3 is 1. The molecule has 2 aliphatic heterocycles. The van der Waals surface area contributed by atoms with Gasteiger partial charge in [-0.3, -0.25) is 19.2 Å². The maximum atomic E-state index is 12.4. The van der Waals surface area contributed by atoms with Crippen LogP contribution in [0.1, 0.15) is 18.6 Å². The summed E-state index contributed by atoms with van der Waals surface area (Å²) in [6, 6.07) is 5.42. The smallest absolute Gasteiger partial charge is 0.319 e. The highest BCUT2D eigenvalue weighted by atomic mass is 32.2. The predicted octanol–water partition coefficient (Wildman–Crippen LogP) is -0.211. The number of carbonyl (C=O) groups excluding carboxylic acids is 3. The van der Waals surface area contributed by atoms with Crippen molar-refractivity contribution in [1.82, 2.24) is 10.2 Å². The highest BCUT2D eigenvalue weighted by Crippen LogP contribution is 2.42. The number of fused-ring (bicyclic) bond motifs is 1. The second kappa shape index (κ2) is 7.44. The number of ketones is 1. The van der Waals surface area contributed by atoms with Crippen LogP contribution in [0.4, 0.5) is 0 Å². The summed E-state index contributed by atoms with van der Waals surface area (Å²) in [5, 5.41) is 21.7. The fraction of sp³-hybridized carbons (Fsp3) is 0.444. The number of hydrogen-bond acceptors (Lipinski definition) is 7. The molecule has 1 aromatic rings. The van der Waals surface area contributed by atoms with E-state index in [1.807, 2.05) is 0 Å². The summed E-state index contributed by atoms with van der Waals surface area (Å²) in [5.41, 5.74) is -1.28. The van der Waals surface area contributed by atoms with Gasteiger partial charge in [-0.05, 0) is 24.6 Å². The molecule has 2 amide bonds. The first-order valence-electron chi connectivity index (χ1n) is 8.50. The lowest BCUT2D eigenvalue weighted by Gasteiger charge is -2.53. The first kappa shape index (κ1) is 20.2. The number of Topliss-reactive ketones (excluding diaryl/α,β-unsaturated/α-hetero) is 1. The normalized spacial score (nSPS) is 27.2. The number of nitrogens with zero attached hydrogens (tertiary/aromatic N) is 1. The molecule has 2 fully saturated rings. The number of aliphatic hydroxyl groups excluding tert-OH is 1. The van der Waals surface area contributed by atoms with E-state index in [-0.39, 0.29) is 12.3 Å². The van der Waals surface area contributed by atoms with Crippen LogP contribution in [0.25, 0.3) is 0 Å². The van der Waals surface area contributed by atoms with Crippen molar-refractivity contribution in [3.8, 4) is 5.75 Å². The zero-order valence-electron chi connectivity index (χ0n) is 15.2. The van der Waals surface area contributed by atoms with E-state index in [2.05, 4.69) is 5.32 Å². The van der Waals surface area contributed by atoms with E-state index >= 15 is 0 Å². The summed E-state index contributed by atoms with van der Waals surface area (Å²) in [6.45, 7) is 0.977. The van der Waals surface area contributed by atoms with Crippen LogP contribution in [-0.2, 0) is 19.2 Å². The van der Waals surface area contributed by atoms with Crippen LogP contribution >= 0.6 is 11.8 Å². The summed E-state index contributed by atoms with van der Waals surface area (Å²) in [6.07, 6.45) is -1.46.